The van der Waals surface area contributed by atoms with Crippen LogP contribution in [0.5, 0.6) is 5.75 Å². The Hall–Kier alpha value is -4.15. The van der Waals surface area contributed by atoms with E-state index >= 15 is 0 Å². The largest absolute Gasteiger partial charge is 0.483 e. The van der Waals surface area contributed by atoms with Crippen LogP contribution in [0, 0.1) is 6.92 Å². The molecule has 11 heteroatoms. The molecule has 3 N–H and O–H groups in total. The van der Waals surface area contributed by atoms with Gasteiger partial charge in [-0.25, -0.2) is 10.2 Å². The number of carbonyl (C=O) groups is 2. The third-order valence-electron chi connectivity index (χ3n) is 5.83. The molecule has 0 spiro atoms. The Bertz CT molecular complexity index is 1470. The van der Waals surface area contributed by atoms with Crippen molar-refractivity contribution in [3.63, 3.8) is 0 Å². The molecule has 3 aromatic rings. The number of esters is 1. The zero-order chi connectivity index (χ0) is 27.9. The highest BCUT2D eigenvalue weighted by Gasteiger charge is 2.32. The number of hydrogen-bond donors (Lipinski definition) is 3. The number of amides is 1. The summed E-state index contributed by atoms with van der Waals surface area (Å²) in [4.78, 5) is 25.1. The van der Waals surface area contributed by atoms with Crippen molar-refractivity contribution in [1.29, 1.82) is 0 Å². The number of hydrogen-bond acceptors (Lipinski definition) is 7. The van der Waals surface area contributed by atoms with Crippen LogP contribution in [0.4, 0.5) is 0 Å². The summed E-state index contributed by atoms with van der Waals surface area (Å²) in [5, 5.41) is 11.0. The fourth-order valence-electron chi connectivity index (χ4n) is 4.03. The molecule has 4 rings (SSSR count). The van der Waals surface area contributed by atoms with E-state index in [4.69, 9.17) is 37.7 Å². The van der Waals surface area contributed by atoms with Crippen molar-refractivity contribution in [3.8, 4) is 17.1 Å². The van der Waals surface area contributed by atoms with Gasteiger partial charge >= 0.3 is 5.97 Å². The lowest BCUT2D eigenvalue weighted by Gasteiger charge is -2.30. The van der Waals surface area contributed by atoms with Crippen LogP contribution in [-0.4, -0.2) is 36.4 Å². The van der Waals surface area contributed by atoms with Crippen molar-refractivity contribution in [1.82, 2.24) is 16.1 Å². The minimum absolute atomic E-state index is 0.227. The van der Waals surface area contributed by atoms with E-state index < -0.39 is 17.9 Å². The van der Waals surface area contributed by atoms with Gasteiger partial charge in [-0.15, -0.1) is 0 Å². The van der Waals surface area contributed by atoms with E-state index in [1.807, 2.05) is 31.2 Å². The number of nitrogens with one attached hydrogen (secondary N) is 3. The second kappa shape index (κ2) is 12.6. The molecule has 2 heterocycles. The molecule has 0 unspecified atom stereocenters. The summed E-state index contributed by atoms with van der Waals surface area (Å²) in [5.74, 6) is 0.541. The van der Waals surface area contributed by atoms with Gasteiger partial charge < -0.3 is 24.5 Å². The molecule has 1 amide bonds. The van der Waals surface area contributed by atoms with Gasteiger partial charge in [-0.1, -0.05) is 35.9 Å². The van der Waals surface area contributed by atoms with Crippen LogP contribution in [0.2, 0.25) is 5.02 Å². The standard InChI is InChI=1S/C28H27ClN4O5S/c1-4-36-27(35)25-17(3)31-28(39)32-26(25)20-7-5-6-8-22(20)37-15-24(34)33-30-14-19-11-12-23(38-19)21-13-18(29)10-9-16(21)2/h5-14,26H,4,15H2,1-3H3,(H,33,34)(H2,31,32,39)/t26-/m0/s1. The fourth-order valence-corrected chi connectivity index (χ4v) is 4.47. The number of hydrazone groups is 1. The highest BCUT2D eigenvalue weighted by atomic mass is 35.5. The average molecular weight is 567 g/mol. The normalized spacial score (nSPS) is 15.1. The van der Waals surface area contributed by atoms with Crippen LogP contribution in [0.25, 0.3) is 11.3 Å². The Morgan fingerprint density at radius 2 is 1.97 bits per heavy atom. The van der Waals surface area contributed by atoms with Gasteiger partial charge in [0, 0.05) is 21.8 Å². The predicted molar refractivity (Wildman–Crippen MR) is 153 cm³/mol. The van der Waals surface area contributed by atoms with Gasteiger partial charge in [0.2, 0.25) is 0 Å². The van der Waals surface area contributed by atoms with E-state index in [-0.39, 0.29) is 13.2 Å². The van der Waals surface area contributed by atoms with E-state index in [9.17, 15) is 9.59 Å². The van der Waals surface area contributed by atoms with E-state index in [2.05, 4.69) is 21.2 Å². The first kappa shape index (κ1) is 27.9. The van der Waals surface area contributed by atoms with Gasteiger partial charge in [0.05, 0.1) is 24.4 Å². The zero-order valence-corrected chi connectivity index (χ0v) is 23.1. The summed E-state index contributed by atoms with van der Waals surface area (Å²) in [7, 11) is 0. The molecule has 0 saturated carbocycles. The van der Waals surface area contributed by atoms with Gasteiger partial charge in [-0.2, -0.15) is 5.10 Å². The number of carbonyl (C=O) groups excluding carboxylic acids is 2. The van der Waals surface area contributed by atoms with E-state index in [1.165, 1.54) is 6.21 Å². The average Bonchev–Trinajstić information content (AvgIpc) is 3.37. The Morgan fingerprint density at radius 3 is 2.77 bits per heavy atom. The number of allylic oxidation sites excluding steroid dienone is 1. The van der Waals surface area contributed by atoms with Crippen LogP contribution in [-0.2, 0) is 14.3 Å². The summed E-state index contributed by atoms with van der Waals surface area (Å²) in [6, 6.07) is 15.6. The molecule has 2 aromatic carbocycles. The molecular weight excluding hydrogens is 540 g/mol. The molecule has 0 fully saturated rings. The first-order valence-electron chi connectivity index (χ1n) is 12.1. The third kappa shape index (κ3) is 6.84. The van der Waals surface area contributed by atoms with Gasteiger partial charge in [-0.3, -0.25) is 4.79 Å². The number of nitrogens with zero attached hydrogens (tertiary/aromatic N) is 1. The molecule has 202 valence electrons. The van der Waals surface area contributed by atoms with Crippen molar-refractivity contribution in [3.05, 3.63) is 87.8 Å². The van der Waals surface area contributed by atoms with Crippen molar-refractivity contribution in [2.24, 2.45) is 5.10 Å². The van der Waals surface area contributed by atoms with Crippen LogP contribution >= 0.6 is 23.8 Å². The summed E-state index contributed by atoms with van der Waals surface area (Å²) in [5.41, 5.74) is 5.89. The highest BCUT2D eigenvalue weighted by Crippen LogP contribution is 2.33. The fraction of sp³-hybridized carbons (Fsp3) is 0.214. The molecule has 0 saturated heterocycles. The highest BCUT2D eigenvalue weighted by molar-refractivity contribution is 7.80. The predicted octanol–water partition coefficient (Wildman–Crippen LogP) is 4.79. The Labute approximate surface area is 236 Å². The molecule has 9 nitrogen and oxygen atoms in total. The van der Waals surface area contributed by atoms with Crippen LogP contribution in [0.15, 0.2) is 75.4 Å². The molecule has 39 heavy (non-hydrogen) atoms. The number of para-hydroxylation sites is 1. The van der Waals surface area contributed by atoms with Gasteiger partial charge in [0.15, 0.2) is 11.7 Å². The minimum atomic E-state index is -0.619. The molecule has 1 aromatic heterocycles. The molecule has 1 aliphatic heterocycles. The number of furan rings is 1. The molecule has 1 atom stereocenters. The van der Waals surface area contributed by atoms with Crippen LogP contribution in [0.1, 0.15) is 36.8 Å². The first-order chi connectivity index (χ1) is 18.8. The van der Waals surface area contributed by atoms with Crippen LogP contribution in [0.3, 0.4) is 0 Å². The van der Waals surface area contributed by atoms with E-state index in [0.29, 0.717) is 44.2 Å². The maximum atomic E-state index is 12.7. The van der Waals surface area contributed by atoms with Crippen molar-refractivity contribution >= 4 is 47.0 Å². The SMILES string of the molecule is CCOC(=O)C1=C(C)NC(=S)N[C@H]1c1ccccc1OCC(=O)NN=Cc1ccc(-c2cc(Cl)ccc2C)o1. The quantitative estimate of drug-likeness (QED) is 0.147. The third-order valence-corrected chi connectivity index (χ3v) is 6.28. The van der Waals surface area contributed by atoms with E-state index in [1.54, 1.807) is 44.2 Å². The lowest BCUT2D eigenvalue weighted by molar-refractivity contribution is -0.139. The van der Waals surface area contributed by atoms with Crippen molar-refractivity contribution in [2.75, 3.05) is 13.2 Å². The Morgan fingerprint density at radius 1 is 1.18 bits per heavy atom. The number of benzene rings is 2. The van der Waals surface area contributed by atoms with Gasteiger partial charge in [-0.05, 0) is 68.9 Å². The lowest BCUT2D eigenvalue weighted by Crippen LogP contribution is -2.45. The molecule has 1 aliphatic rings. The summed E-state index contributed by atoms with van der Waals surface area (Å²) in [6.45, 7) is 5.36. The smallest absolute Gasteiger partial charge is 0.338 e. The Kier molecular flexibility index (Phi) is 9.00. The summed E-state index contributed by atoms with van der Waals surface area (Å²) in [6.07, 6.45) is 1.40. The topological polar surface area (TPSA) is 114 Å². The molecule has 0 radical (unpaired) electrons. The summed E-state index contributed by atoms with van der Waals surface area (Å²) < 4.78 is 16.8. The summed E-state index contributed by atoms with van der Waals surface area (Å²) >= 11 is 11.4. The zero-order valence-electron chi connectivity index (χ0n) is 21.5. The van der Waals surface area contributed by atoms with Crippen LogP contribution < -0.4 is 20.8 Å². The van der Waals surface area contributed by atoms with Crippen molar-refractivity contribution < 1.29 is 23.5 Å². The number of rotatable bonds is 9. The second-order valence-corrected chi connectivity index (χ2v) is 9.42. The lowest BCUT2D eigenvalue weighted by atomic mass is 9.95. The maximum Gasteiger partial charge on any atom is 0.338 e. The maximum absolute atomic E-state index is 12.7. The molecule has 0 bridgehead atoms. The number of ether oxygens (including phenoxy) is 2. The minimum Gasteiger partial charge on any atom is -0.483 e. The molecule has 0 aliphatic carbocycles. The Balaban J connectivity index is 1.41. The van der Waals surface area contributed by atoms with E-state index in [0.717, 1.165) is 11.1 Å². The number of thiocarbonyl (C=S) groups is 1. The second-order valence-electron chi connectivity index (χ2n) is 8.57. The molecular formula is C28H27ClN4O5S. The monoisotopic (exact) mass is 566 g/mol. The number of aryl methyl sites for hydroxylation is 1. The van der Waals surface area contributed by atoms with Crippen molar-refractivity contribution in [2.45, 2.75) is 26.8 Å². The van der Waals surface area contributed by atoms with Gasteiger partial charge in [0.1, 0.15) is 17.3 Å². The van der Waals surface area contributed by atoms with Gasteiger partial charge in [0.25, 0.3) is 5.91 Å². The number of halogens is 1. The first-order valence-corrected chi connectivity index (χ1v) is 12.9.